The van der Waals surface area contributed by atoms with E-state index >= 15 is 0 Å². The second-order valence-corrected chi connectivity index (χ2v) is 5.12. The van der Waals surface area contributed by atoms with Crippen LogP contribution in [0.25, 0.3) is 0 Å². The van der Waals surface area contributed by atoms with E-state index in [1.165, 1.54) is 0 Å². The Labute approximate surface area is 92.5 Å². The van der Waals surface area contributed by atoms with Crippen molar-refractivity contribution in [3.8, 4) is 0 Å². The zero-order valence-corrected chi connectivity index (χ0v) is 9.67. The van der Waals surface area contributed by atoms with Gasteiger partial charge >= 0.3 is 0 Å². The molecule has 0 aliphatic carbocycles. The van der Waals surface area contributed by atoms with Crippen LogP contribution in [0, 0.1) is 6.92 Å². The zero-order chi connectivity index (χ0) is 10.8. The molecule has 1 aromatic rings. The predicted octanol–water partition coefficient (Wildman–Crippen LogP) is 0.167. The highest BCUT2D eigenvalue weighted by atomic mass is 32.1. The summed E-state index contributed by atoms with van der Waals surface area (Å²) in [5.74, 6) is 0.0926. The van der Waals surface area contributed by atoms with Crippen molar-refractivity contribution in [3.05, 3.63) is 10.0 Å². The van der Waals surface area contributed by atoms with Crippen LogP contribution in [0.2, 0.25) is 0 Å². The van der Waals surface area contributed by atoms with Crippen LogP contribution in [-0.4, -0.2) is 40.1 Å². The largest absolute Gasteiger partial charge is 0.351 e. The average Bonchev–Trinajstić information content (AvgIpc) is 2.49. The van der Waals surface area contributed by atoms with Crippen LogP contribution >= 0.6 is 11.3 Å². The van der Waals surface area contributed by atoms with E-state index in [9.17, 15) is 4.79 Å². The fourth-order valence-corrected chi connectivity index (χ4v) is 2.49. The van der Waals surface area contributed by atoms with Crippen LogP contribution in [0.1, 0.15) is 16.9 Å². The van der Waals surface area contributed by atoms with Gasteiger partial charge in [0, 0.05) is 12.6 Å². The van der Waals surface area contributed by atoms with Crippen LogP contribution in [0.3, 0.4) is 0 Å². The fraction of sp³-hybridized carbons (Fsp3) is 0.667. The van der Waals surface area contributed by atoms with E-state index in [0.29, 0.717) is 6.54 Å². The summed E-state index contributed by atoms with van der Waals surface area (Å²) in [6, 6.07) is 0.222. The number of aryl methyl sites for hydroxylation is 1. The molecule has 5 nitrogen and oxygen atoms in total. The van der Waals surface area contributed by atoms with Crippen LogP contribution in [0.5, 0.6) is 0 Å². The zero-order valence-electron chi connectivity index (χ0n) is 8.86. The summed E-state index contributed by atoms with van der Waals surface area (Å²) in [6.45, 7) is 6.01. The Balaban J connectivity index is 1.97. The van der Waals surface area contributed by atoms with Crippen molar-refractivity contribution in [2.75, 3.05) is 13.1 Å². The van der Waals surface area contributed by atoms with E-state index < -0.39 is 0 Å². The number of amides is 1. The summed E-state index contributed by atoms with van der Waals surface area (Å²) < 4.78 is 0. The third kappa shape index (κ3) is 2.73. The Morgan fingerprint density at radius 1 is 1.60 bits per heavy atom. The summed E-state index contributed by atoms with van der Waals surface area (Å²) in [5.41, 5.74) is 0. The highest BCUT2D eigenvalue weighted by molar-refractivity contribution is 7.11. The van der Waals surface area contributed by atoms with Crippen LogP contribution in [0.15, 0.2) is 0 Å². The molecule has 1 saturated heterocycles. The van der Waals surface area contributed by atoms with Gasteiger partial charge in [-0.05, 0) is 13.8 Å². The summed E-state index contributed by atoms with van der Waals surface area (Å²) in [6.07, 6.45) is 0. The SMILES string of the molecule is Cc1nnc(CN2CC(=O)N[C@H](C)C2)s1. The number of carbonyl (C=O) groups is 1. The summed E-state index contributed by atoms with van der Waals surface area (Å²) in [7, 11) is 0. The smallest absolute Gasteiger partial charge is 0.234 e. The van der Waals surface area contributed by atoms with E-state index in [1.54, 1.807) is 11.3 Å². The second-order valence-electron chi connectivity index (χ2n) is 3.85. The minimum Gasteiger partial charge on any atom is -0.351 e. The van der Waals surface area contributed by atoms with Crippen molar-refractivity contribution in [1.29, 1.82) is 0 Å². The van der Waals surface area contributed by atoms with Crippen LogP contribution in [-0.2, 0) is 11.3 Å². The Kier molecular flexibility index (Phi) is 2.97. The predicted molar refractivity (Wildman–Crippen MR) is 57.5 cm³/mol. The molecule has 6 heteroatoms. The lowest BCUT2D eigenvalue weighted by molar-refractivity contribution is -0.125. The maximum atomic E-state index is 11.3. The molecule has 15 heavy (non-hydrogen) atoms. The normalized spacial score (nSPS) is 22.8. The Morgan fingerprint density at radius 3 is 3.00 bits per heavy atom. The number of rotatable bonds is 2. The molecule has 0 spiro atoms. The lowest BCUT2D eigenvalue weighted by Crippen LogP contribution is -2.52. The van der Waals surface area contributed by atoms with Gasteiger partial charge in [0.1, 0.15) is 10.0 Å². The summed E-state index contributed by atoms with van der Waals surface area (Å²) in [5, 5.41) is 12.9. The highest BCUT2D eigenvalue weighted by Gasteiger charge is 2.22. The quantitative estimate of drug-likeness (QED) is 0.781. The topological polar surface area (TPSA) is 58.1 Å². The molecule has 0 saturated carbocycles. The Morgan fingerprint density at radius 2 is 2.40 bits per heavy atom. The van der Waals surface area contributed by atoms with Gasteiger partial charge in [0.25, 0.3) is 0 Å². The molecular weight excluding hydrogens is 212 g/mol. The minimum atomic E-state index is 0.0926. The van der Waals surface area contributed by atoms with E-state index in [-0.39, 0.29) is 11.9 Å². The Bertz CT molecular complexity index is 365. The maximum absolute atomic E-state index is 11.3. The van der Waals surface area contributed by atoms with Crippen LogP contribution < -0.4 is 5.32 Å². The van der Waals surface area contributed by atoms with Gasteiger partial charge in [-0.2, -0.15) is 0 Å². The molecule has 1 aromatic heterocycles. The second kappa shape index (κ2) is 4.24. The molecule has 2 heterocycles. The van der Waals surface area contributed by atoms with E-state index in [1.807, 2.05) is 13.8 Å². The first-order chi connectivity index (χ1) is 7.13. The van der Waals surface area contributed by atoms with Gasteiger partial charge in [-0.15, -0.1) is 21.5 Å². The number of hydrogen-bond acceptors (Lipinski definition) is 5. The molecule has 0 bridgehead atoms. The molecule has 0 unspecified atom stereocenters. The van der Waals surface area contributed by atoms with Gasteiger partial charge in [-0.25, -0.2) is 0 Å². The standard InChI is InChI=1S/C9H14N4OS/c1-6-3-13(4-8(14)10-6)5-9-12-11-7(2)15-9/h6H,3-5H2,1-2H3,(H,10,14)/t6-/m1/s1. The molecule has 0 radical (unpaired) electrons. The van der Waals surface area contributed by atoms with Crippen molar-refractivity contribution in [3.63, 3.8) is 0 Å². The lowest BCUT2D eigenvalue weighted by Gasteiger charge is -2.30. The molecular formula is C9H14N4OS. The van der Waals surface area contributed by atoms with Crippen molar-refractivity contribution in [1.82, 2.24) is 20.4 Å². The fourth-order valence-electron chi connectivity index (χ4n) is 1.73. The molecule has 82 valence electrons. The lowest BCUT2D eigenvalue weighted by atomic mass is 10.2. The van der Waals surface area contributed by atoms with Gasteiger partial charge in [0.15, 0.2) is 0 Å². The van der Waals surface area contributed by atoms with E-state index in [2.05, 4.69) is 20.4 Å². The summed E-state index contributed by atoms with van der Waals surface area (Å²) >= 11 is 1.59. The third-order valence-corrected chi connectivity index (χ3v) is 3.06. The molecule has 0 aromatic carbocycles. The molecule has 2 rings (SSSR count). The first kappa shape index (κ1) is 10.5. The third-order valence-electron chi connectivity index (χ3n) is 2.23. The summed E-state index contributed by atoms with van der Waals surface area (Å²) in [4.78, 5) is 13.4. The number of aromatic nitrogens is 2. The highest BCUT2D eigenvalue weighted by Crippen LogP contribution is 2.12. The number of hydrogen-bond donors (Lipinski definition) is 1. The van der Waals surface area contributed by atoms with Crippen molar-refractivity contribution >= 4 is 17.2 Å². The number of carbonyl (C=O) groups excluding carboxylic acids is 1. The minimum absolute atomic E-state index is 0.0926. The van der Waals surface area contributed by atoms with Gasteiger partial charge in [0.05, 0.1) is 13.1 Å². The van der Waals surface area contributed by atoms with Crippen molar-refractivity contribution in [2.45, 2.75) is 26.4 Å². The van der Waals surface area contributed by atoms with E-state index in [4.69, 9.17) is 0 Å². The van der Waals surface area contributed by atoms with Gasteiger partial charge in [-0.3, -0.25) is 9.69 Å². The maximum Gasteiger partial charge on any atom is 0.234 e. The molecule has 1 atom stereocenters. The van der Waals surface area contributed by atoms with Gasteiger partial charge in [0.2, 0.25) is 5.91 Å². The molecule has 1 N–H and O–H groups in total. The van der Waals surface area contributed by atoms with Crippen LogP contribution in [0.4, 0.5) is 0 Å². The Hall–Kier alpha value is -1.01. The molecule has 1 fully saturated rings. The van der Waals surface area contributed by atoms with E-state index in [0.717, 1.165) is 23.1 Å². The number of piperazine rings is 1. The number of nitrogens with one attached hydrogen (secondary N) is 1. The monoisotopic (exact) mass is 226 g/mol. The van der Waals surface area contributed by atoms with Gasteiger partial charge in [-0.1, -0.05) is 0 Å². The molecule has 1 aliphatic heterocycles. The average molecular weight is 226 g/mol. The molecule has 1 aliphatic rings. The first-order valence-corrected chi connectivity index (χ1v) is 5.76. The van der Waals surface area contributed by atoms with Crippen molar-refractivity contribution in [2.24, 2.45) is 0 Å². The number of nitrogens with zero attached hydrogens (tertiary/aromatic N) is 3. The molecule has 1 amide bonds. The first-order valence-electron chi connectivity index (χ1n) is 4.94. The van der Waals surface area contributed by atoms with Gasteiger partial charge < -0.3 is 5.32 Å². The van der Waals surface area contributed by atoms with Crippen molar-refractivity contribution < 1.29 is 4.79 Å².